The maximum Gasteiger partial charge on any atom is 0.439 e. The van der Waals surface area contributed by atoms with Crippen molar-refractivity contribution in [3.63, 3.8) is 0 Å². The molecule has 0 saturated heterocycles. The standard InChI is InChI=1S/C24H14ClF2N3O5/c25-19-7-13(26)2-1-12(19)10-33-15-5-3-14(4-6-15)28-23(31)18-11-34-21-9-17(20(27)8-16(18)21)22-29-24(32)35-30-22/h1-9,11H,10H2,(H,28,31)(H,29,30,32). The van der Waals surface area contributed by atoms with Crippen LogP contribution in [-0.2, 0) is 6.61 Å². The van der Waals surface area contributed by atoms with Crippen LogP contribution in [0.4, 0.5) is 14.5 Å². The number of rotatable bonds is 6. The molecule has 35 heavy (non-hydrogen) atoms. The fourth-order valence-electron chi connectivity index (χ4n) is 3.38. The van der Waals surface area contributed by atoms with Crippen LogP contribution in [0.5, 0.6) is 5.75 Å². The van der Waals surface area contributed by atoms with Gasteiger partial charge in [0.2, 0.25) is 0 Å². The number of benzene rings is 3. The van der Waals surface area contributed by atoms with Gasteiger partial charge in [-0.1, -0.05) is 22.8 Å². The molecule has 0 spiro atoms. The lowest BCUT2D eigenvalue weighted by Crippen LogP contribution is -2.11. The maximum absolute atomic E-state index is 14.6. The summed E-state index contributed by atoms with van der Waals surface area (Å²) in [6.45, 7) is 0.140. The molecule has 0 fully saturated rings. The van der Waals surface area contributed by atoms with Crippen LogP contribution in [0.2, 0.25) is 5.02 Å². The number of carbonyl (C=O) groups excluding carboxylic acids is 1. The first-order valence-corrected chi connectivity index (χ1v) is 10.5. The second-order valence-electron chi connectivity index (χ2n) is 7.42. The van der Waals surface area contributed by atoms with Crippen molar-refractivity contribution in [3.05, 3.63) is 99.2 Å². The summed E-state index contributed by atoms with van der Waals surface area (Å²) in [7, 11) is 0. The van der Waals surface area contributed by atoms with Crippen molar-refractivity contribution in [1.29, 1.82) is 0 Å². The Hall–Kier alpha value is -4.44. The van der Waals surface area contributed by atoms with Gasteiger partial charge < -0.3 is 14.5 Å². The van der Waals surface area contributed by atoms with E-state index in [0.29, 0.717) is 17.0 Å². The third kappa shape index (κ3) is 4.64. The molecule has 0 atom stereocenters. The maximum atomic E-state index is 14.6. The van der Waals surface area contributed by atoms with Gasteiger partial charge in [0.05, 0.1) is 16.1 Å². The van der Waals surface area contributed by atoms with Crippen LogP contribution in [0, 0.1) is 11.6 Å². The molecular weight excluding hydrogens is 484 g/mol. The Labute approximate surface area is 200 Å². The second-order valence-corrected chi connectivity index (χ2v) is 7.83. The molecular formula is C24H14ClF2N3O5. The molecule has 8 nitrogen and oxygen atoms in total. The normalized spacial score (nSPS) is 11.1. The predicted octanol–water partition coefficient (Wildman–Crippen LogP) is 5.54. The number of furan rings is 1. The van der Waals surface area contributed by atoms with Gasteiger partial charge in [0, 0.05) is 16.6 Å². The van der Waals surface area contributed by atoms with E-state index in [1.807, 2.05) is 0 Å². The smallest absolute Gasteiger partial charge is 0.439 e. The summed E-state index contributed by atoms with van der Waals surface area (Å²) >= 11 is 6.00. The molecule has 0 aliphatic heterocycles. The number of amides is 1. The third-order valence-corrected chi connectivity index (χ3v) is 5.48. The van der Waals surface area contributed by atoms with Crippen molar-refractivity contribution in [2.45, 2.75) is 6.61 Å². The van der Waals surface area contributed by atoms with Crippen LogP contribution in [-0.4, -0.2) is 16.0 Å². The summed E-state index contributed by atoms with van der Waals surface area (Å²) in [6.07, 6.45) is 1.21. The number of aromatic nitrogens is 2. The molecule has 0 aliphatic rings. The number of anilines is 1. The number of fused-ring (bicyclic) bond motifs is 1. The fraction of sp³-hybridized carbons (Fsp3) is 0.0417. The van der Waals surface area contributed by atoms with Crippen molar-refractivity contribution < 1.29 is 27.3 Å². The lowest BCUT2D eigenvalue weighted by Gasteiger charge is -2.09. The Kier molecular flexibility index (Phi) is 5.79. The minimum absolute atomic E-state index is 0.0397. The molecule has 176 valence electrons. The van der Waals surface area contributed by atoms with Crippen LogP contribution in [0.15, 0.2) is 74.6 Å². The summed E-state index contributed by atoms with van der Waals surface area (Å²) in [6, 6.07) is 13.0. The van der Waals surface area contributed by atoms with Crippen LogP contribution in [0.1, 0.15) is 15.9 Å². The quantitative estimate of drug-likeness (QED) is 0.319. The van der Waals surface area contributed by atoms with Gasteiger partial charge in [0.1, 0.15) is 35.8 Å². The van der Waals surface area contributed by atoms with Gasteiger partial charge in [-0.25, -0.2) is 13.6 Å². The lowest BCUT2D eigenvalue weighted by molar-refractivity contribution is 0.102. The zero-order valence-corrected chi connectivity index (χ0v) is 18.4. The summed E-state index contributed by atoms with van der Waals surface area (Å²) in [4.78, 5) is 26.2. The highest BCUT2D eigenvalue weighted by Crippen LogP contribution is 2.29. The second kappa shape index (κ2) is 9.07. The molecule has 1 amide bonds. The van der Waals surface area contributed by atoms with E-state index in [0.717, 1.165) is 6.07 Å². The zero-order valence-electron chi connectivity index (χ0n) is 17.6. The number of nitrogens with one attached hydrogen (secondary N) is 2. The van der Waals surface area contributed by atoms with Crippen molar-refractivity contribution in [2.24, 2.45) is 0 Å². The first kappa shape index (κ1) is 22.4. The minimum atomic E-state index is -0.824. The highest BCUT2D eigenvalue weighted by molar-refractivity contribution is 6.31. The Morgan fingerprint density at radius 3 is 2.63 bits per heavy atom. The highest BCUT2D eigenvalue weighted by Gasteiger charge is 2.19. The van der Waals surface area contributed by atoms with Gasteiger partial charge in [-0.15, -0.1) is 0 Å². The largest absolute Gasteiger partial charge is 0.489 e. The number of ether oxygens (including phenoxy) is 1. The summed E-state index contributed by atoms with van der Waals surface area (Å²) in [5.41, 5.74) is 1.39. The van der Waals surface area contributed by atoms with E-state index >= 15 is 0 Å². The van der Waals surface area contributed by atoms with Gasteiger partial charge >= 0.3 is 5.76 Å². The summed E-state index contributed by atoms with van der Waals surface area (Å²) < 4.78 is 43.2. The number of H-pyrrole nitrogens is 1. The Morgan fingerprint density at radius 2 is 1.91 bits per heavy atom. The molecule has 2 heterocycles. The number of hydrogen-bond donors (Lipinski definition) is 2. The molecule has 5 rings (SSSR count). The Bertz CT molecular complexity index is 1610. The number of hydrogen-bond acceptors (Lipinski definition) is 6. The molecule has 0 aliphatic carbocycles. The molecule has 0 saturated carbocycles. The van der Waals surface area contributed by atoms with Crippen LogP contribution >= 0.6 is 11.6 Å². The van der Waals surface area contributed by atoms with E-state index in [-0.39, 0.29) is 39.6 Å². The highest BCUT2D eigenvalue weighted by atomic mass is 35.5. The number of halogens is 3. The number of carbonyl (C=O) groups is 1. The van der Waals surface area contributed by atoms with E-state index in [9.17, 15) is 18.4 Å². The van der Waals surface area contributed by atoms with Gasteiger partial charge in [0.25, 0.3) is 5.91 Å². The fourth-order valence-corrected chi connectivity index (χ4v) is 3.61. The molecule has 0 radical (unpaired) electrons. The summed E-state index contributed by atoms with van der Waals surface area (Å²) in [5.74, 6) is -2.08. The minimum Gasteiger partial charge on any atom is -0.489 e. The molecule has 2 N–H and O–H groups in total. The molecule has 0 unspecified atom stereocenters. The van der Waals surface area contributed by atoms with Crippen molar-refractivity contribution in [2.75, 3.05) is 5.32 Å². The van der Waals surface area contributed by atoms with Gasteiger partial charge in [0.15, 0.2) is 5.82 Å². The monoisotopic (exact) mass is 497 g/mol. The van der Waals surface area contributed by atoms with Crippen LogP contribution < -0.4 is 15.8 Å². The molecule has 0 bridgehead atoms. The van der Waals surface area contributed by atoms with Crippen molar-refractivity contribution in [1.82, 2.24) is 10.1 Å². The van der Waals surface area contributed by atoms with Crippen LogP contribution in [0.25, 0.3) is 22.4 Å². The van der Waals surface area contributed by atoms with Crippen molar-refractivity contribution in [3.8, 4) is 17.1 Å². The van der Waals surface area contributed by atoms with Crippen molar-refractivity contribution >= 4 is 34.2 Å². The Balaban J connectivity index is 1.29. The Morgan fingerprint density at radius 1 is 1.11 bits per heavy atom. The number of nitrogens with zero attached hydrogens (tertiary/aromatic N) is 1. The third-order valence-electron chi connectivity index (χ3n) is 5.12. The SMILES string of the molecule is O=C(Nc1ccc(OCc2ccc(F)cc2Cl)cc1)c1coc2cc(-c3noc(=O)[nH]3)c(F)cc12. The first-order valence-electron chi connectivity index (χ1n) is 10.1. The molecule has 11 heteroatoms. The topological polar surface area (TPSA) is 110 Å². The predicted molar refractivity (Wildman–Crippen MR) is 122 cm³/mol. The molecule has 2 aromatic heterocycles. The van der Waals surface area contributed by atoms with E-state index in [1.165, 1.54) is 30.5 Å². The van der Waals surface area contributed by atoms with E-state index in [1.54, 1.807) is 24.3 Å². The lowest BCUT2D eigenvalue weighted by atomic mass is 10.1. The van der Waals surface area contributed by atoms with E-state index in [4.69, 9.17) is 20.8 Å². The average molecular weight is 498 g/mol. The van der Waals surface area contributed by atoms with Gasteiger partial charge in [-0.3, -0.25) is 14.3 Å². The average Bonchev–Trinajstić information content (AvgIpc) is 3.44. The summed E-state index contributed by atoms with van der Waals surface area (Å²) in [5, 5.41) is 6.67. The van der Waals surface area contributed by atoms with Crippen LogP contribution in [0.3, 0.4) is 0 Å². The van der Waals surface area contributed by atoms with E-state index < -0.39 is 23.3 Å². The first-order chi connectivity index (χ1) is 16.9. The van der Waals surface area contributed by atoms with Gasteiger partial charge in [-0.2, -0.15) is 0 Å². The molecule has 3 aromatic carbocycles. The zero-order chi connectivity index (χ0) is 24.5. The van der Waals surface area contributed by atoms with E-state index in [2.05, 4.69) is 20.0 Å². The van der Waals surface area contributed by atoms with Gasteiger partial charge in [-0.05, 0) is 48.5 Å². The number of aromatic amines is 1. The molecule has 5 aromatic rings.